The van der Waals surface area contributed by atoms with Crippen LogP contribution in [0.1, 0.15) is 21.6 Å². The summed E-state index contributed by atoms with van der Waals surface area (Å²) in [4.78, 5) is 13.6. The average Bonchev–Trinajstić information content (AvgIpc) is 3.29. The molecule has 0 bridgehead atoms. The number of carbonyl (C=O) groups excluding carboxylic acids is 1. The van der Waals surface area contributed by atoms with Gasteiger partial charge in [0.25, 0.3) is 0 Å². The first-order valence-corrected chi connectivity index (χ1v) is 11.7. The number of carbonyl (C=O) groups is 1. The fourth-order valence-corrected chi connectivity index (χ4v) is 3.89. The van der Waals surface area contributed by atoms with Crippen LogP contribution in [0, 0.1) is 0 Å². The maximum Gasteiger partial charge on any atom is 0.435 e. The zero-order valence-corrected chi connectivity index (χ0v) is 19.4. The van der Waals surface area contributed by atoms with Gasteiger partial charge in [-0.05, 0) is 54.3 Å². The second-order valence-corrected chi connectivity index (χ2v) is 8.56. The van der Waals surface area contributed by atoms with E-state index in [9.17, 15) is 18.0 Å². The van der Waals surface area contributed by atoms with Crippen LogP contribution in [0.15, 0.2) is 83.8 Å². The van der Waals surface area contributed by atoms with Crippen LogP contribution in [0.3, 0.4) is 0 Å². The zero-order chi connectivity index (χ0) is 24.3. The number of nitrogens with zero attached hydrogens (tertiary/aromatic N) is 2. The van der Waals surface area contributed by atoms with Crippen molar-refractivity contribution in [2.45, 2.75) is 17.7 Å². The summed E-state index contributed by atoms with van der Waals surface area (Å²) in [5, 5.41) is 3.99. The van der Waals surface area contributed by atoms with Crippen LogP contribution >= 0.6 is 23.4 Å². The zero-order valence-electron chi connectivity index (χ0n) is 17.8. The van der Waals surface area contributed by atoms with Crippen molar-refractivity contribution in [2.75, 3.05) is 6.26 Å². The Labute approximate surface area is 203 Å². The normalized spacial score (nSPS) is 11.4. The van der Waals surface area contributed by atoms with Crippen molar-refractivity contribution >= 4 is 29.3 Å². The molecule has 0 N–H and O–H groups in total. The third kappa shape index (κ3) is 5.29. The Balaban J connectivity index is 1.58. The van der Waals surface area contributed by atoms with Gasteiger partial charge in [-0.15, -0.1) is 11.8 Å². The molecule has 4 nitrogen and oxygen atoms in total. The molecule has 174 valence electrons. The van der Waals surface area contributed by atoms with Crippen LogP contribution in [0.2, 0.25) is 5.02 Å². The highest BCUT2D eigenvalue weighted by Gasteiger charge is 2.35. The molecule has 3 aromatic carbocycles. The van der Waals surface area contributed by atoms with Crippen LogP contribution in [0.4, 0.5) is 13.2 Å². The lowest BCUT2D eigenvalue weighted by Crippen LogP contribution is -2.07. The lowest BCUT2D eigenvalue weighted by atomic mass is 10.1. The predicted molar refractivity (Wildman–Crippen MR) is 126 cm³/mol. The largest absolute Gasteiger partial charge is 0.457 e. The second-order valence-electron chi connectivity index (χ2n) is 7.28. The highest BCUT2D eigenvalue weighted by Crippen LogP contribution is 2.34. The van der Waals surface area contributed by atoms with Crippen molar-refractivity contribution in [1.82, 2.24) is 9.78 Å². The first kappa shape index (κ1) is 23.9. The Kier molecular flexibility index (Phi) is 7.00. The van der Waals surface area contributed by atoms with Crippen LogP contribution < -0.4 is 0 Å². The summed E-state index contributed by atoms with van der Waals surface area (Å²) in [6.45, 7) is 0.115. The number of rotatable bonds is 6. The SMILES string of the molecule is CSc1ccc(COC(=O)c2ccc(-c3cc(C(F)(F)F)nn3-c3ccccc3Cl)cc2)cc1. The number of para-hydroxylation sites is 1. The number of esters is 1. The van der Waals surface area contributed by atoms with Gasteiger partial charge < -0.3 is 4.74 Å². The van der Waals surface area contributed by atoms with Crippen LogP contribution in [-0.2, 0) is 17.5 Å². The molecule has 0 aliphatic rings. The summed E-state index contributed by atoms with van der Waals surface area (Å²) < 4.78 is 46.6. The Morgan fingerprint density at radius 1 is 1.03 bits per heavy atom. The molecule has 9 heteroatoms. The van der Waals surface area contributed by atoms with Gasteiger partial charge in [0.15, 0.2) is 5.69 Å². The molecule has 0 radical (unpaired) electrons. The molecular formula is C25H18ClF3N2O2S. The van der Waals surface area contributed by atoms with Gasteiger partial charge in [0.05, 0.1) is 22.0 Å². The Bertz CT molecular complexity index is 1300. The molecule has 4 aromatic rings. The van der Waals surface area contributed by atoms with E-state index >= 15 is 0 Å². The molecule has 0 aliphatic heterocycles. The highest BCUT2D eigenvalue weighted by atomic mass is 35.5. The number of alkyl halides is 3. The van der Waals surface area contributed by atoms with Crippen LogP contribution in [-0.4, -0.2) is 22.0 Å². The van der Waals surface area contributed by atoms with E-state index < -0.39 is 17.8 Å². The molecule has 0 unspecified atom stereocenters. The quantitative estimate of drug-likeness (QED) is 0.205. The van der Waals surface area contributed by atoms with Gasteiger partial charge in [-0.3, -0.25) is 0 Å². The fourth-order valence-electron chi connectivity index (χ4n) is 3.26. The summed E-state index contributed by atoms with van der Waals surface area (Å²) in [6, 6.07) is 21.2. The maximum absolute atomic E-state index is 13.4. The standard InChI is InChI=1S/C25H18ClF3N2O2S/c1-34-19-12-6-16(7-13-19)15-33-24(32)18-10-8-17(9-11-18)22-14-23(25(27,28)29)30-31(22)21-5-3-2-4-20(21)26/h2-14H,15H2,1H3. The van der Waals surface area contributed by atoms with Crippen molar-refractivity contribution in [3.05, 3.63) is 101 Å². The molecule has 0 spiro atoms. The fraction of sp³-hybridized carbons (Fsp3) is 0.120. The minimum absolute atomic E-state index is 0.115. The van der Waals surface area contributed by atoms with Gasteiger partial charge in [-0.1, -0.05) is 48.0 Å². The minimum Gasteiger partial charge on any atom is -0.457 e. The van der Waals surface area contributed by atoms with E-state index in [4.69, 9.17) is 16.3 Å². The third-order valence-electron chi connectivity index (χ3n) is 5.03. The molecule has 1 heterocycles. The minimum atomic E-state index is -4.63. The molecule has 0 aliphatic carbocycles. The van der Waals surface area contributed by atoms with Crippen molar-refractivity contribution < 1.29 is 22.7 Å². The molecule has 0 amide bonds. The van der Waals surface area contributed by atoms with Crippen molar-refractivity contribution in [3.63, 3.8) is 0 Å². The molecular weight excluding hydrogens is 485 g/mol. The summed E-state index contributed by atoms with van der Waals surface area (Å²) in [6.07, 6.45) is -2.65. The lowest BCUT2D eigenvalue weighted by molar-refractivity contribution is -0.141. The molecule has 4 rings (SSSR count). The summed E-state index contributed by atoms with van der Waals surface area (Å²) in [5.74, 6) is -0.531. The predicted octanol–water partition coefficient (Wildman–Crippen LogP) is 7.29. The molecule has 34 heavy (non-hydrogen) atoms. The van der Waals surface area contributed by atoms with Crippen molar-refractivity contribution in [3.8, 4) is 16.9 Å². The van der Waals surface area contributed by atoms with E-state index in [1.807, 2.05) is 30.5 Å². The third-order valence-corrected chi connectivity index (χ3v) is 6.09. The van der Waals surface area contributed by atoms with Gasteiger partial charge >= 0.3 is 12.1 Å². The van der Waals surface area contributed by atoms with E-state index in [1.54, 1.807) is 48.2 Å². The topological polar surface area (TPSA) is 44.1 Å². The van der Waals surface area contributed by atoms with Crippen LogP contribution in [0.5, 0.6) is 0 Å². The lowest BCUT2D eigenvalue weighted by Gasteiger charge is -2.10. The Morgan fingerprint density at radius 2 is 1.71 bits per heavy atom. The van der Waals surface area contributed by atoms with Crippen molar-refractivity contribution in [2.24, 2.45) is 0 Å². The smallest absolute Gasteiger partial charge is 0.435 e. The van der Waals surface area contributed by atoms with Gasteiger partial charge in [-0.25, -0.2) is 9.48 Å². The number of benzene rings is 3. The van der Waals surface area contributed by atoms with Gasteiger partial charge in [-0.2, -0.15) is 18.3 Å². The number of aromatic nitrogens is 2. The van der Waals surface area contributed by atoms with Crippen LogP contribution in [0.25, 0.3) is 16.9 Å². The number of hydrogen-bond donors (Lipinski definition) is 0. The maximum atomic E-state index is 13.4. The van der Waals surface area contributed by atoms with E-state index in [0.29, 0.717) is 11.3 Å². The number of hydrogen-bond acceptors (Lipinski definition) is 4. The Hall–Kier alpha value is -3.23. The number of halogens is 4. The summed E-state index contributed by atoms with van der Waals surface area (Å²) in [5.41, 5.74) is 1.03. The van der Waals surface area contributed by atoms with Crippen molar-refractivity contribution in [1.29, 1.82) is 0 Å². The number of ether oxygens (including phenoxy) is 1. The molecule has 0 saturated heterocycles. The van der Waals surface area contributed by atoms with Gasteiger partial charge in [0.1, 0.15) is 6.61 Å². The molecule has 0 atom stereocenters. The van der Waals surface area contributed by atoms with E-state index in [-0.39, 0.29) is 22.9 Å². The van der Waals surface area contributed by atoms with E-state index in [2.05, 4.69) is 5.10 Å². The number of thioether (sulfide) groups is 1. The Morgan fingerprint density at radius 3 is 2.32 bits per heavy atom. The second kappa shape index (κ2) is 9.95. The van der Waals surface area contributed by atoms with E-state index in [0.717, 1.165) is 21.2 Å². The average molecular weight is 503 g/mol. The monoisotopic (exact) mass is 502 g/mol. The molecule has 0 fully saturated rings. The van der Waals surface area contributed by atoms with E-state index in [1.165, 1.54) is 12.1 Å². The van der Waals surface area contributed by atoms with Gasteiger partial charge in [0, 0.05) is 10.5 Å². The molecule has 0 saturated carbocycles. The summed E-state index contributed by atoms with van der Waals surface area (Å²) >= 11 is 7.82. The summed E-state index contributed by atoms with van der Waals surface area (Å²) in [7, 11) is 0. The first-order valence-electron chi connectivity index (χ1n) is 10.1. The molecule has 1 aromatic heterocycles. The first-order chi connectivity index (χ1) is 16.3. The van der Waals surface area contributed by atoms with Gasteiger partial charge in [0.2, 0.25) is 0 Å². The highest BCUT2D eigenvalue weighted by molar-refractivity contribution is 7.98.